The van der Waals surface area contributed by atoms with Crippen molar-refractivity contribution < 1.29 is 4.74 Å². The van der Waals surface area contributed by atoms with Crippen LogP contribution in [0, 0.1) is 13.8 Å². The predicted molar refractivity (Wildman–Crippen MR) is 92.6 cm³/mol. The Labute approximate surface area is 132 Å². The van der Waals surface area contributed by atoms with Gasteiger partial charge in [0.2, 0.25) is 0 Å². The van der Waals surface area contributed by atoms with Crippen LogP contribution in [-0.4, -0.2) is 19.1 Å². The summed E-state index contributed by atoms with van der Waals surface area (Å²) in [4.78, 5) is 4.31. The highest BCUT2D eigenvalue weighted by atomic mass is 16.5. The molecule has 0 saturated carbocycles. The second kappa shape index (κ2) is 8.08. The van der Waals surface area contributed by atoms with Gasteiger partial charge in [-0.15, -0.1) is 0 Å². The summed E-state index contributed by atoms with van der Waals surface area (Å²) in [6, 6.07) is 16.0. The Bertz CT molecular complexity index is 603. The van der Waals surface area contributed by atoms with Gasteiger partial charge < -0.3 is 15.8 Å². The monoisotopic (exact) mass is 297 g/mol. The number of para-hydroxylation sites is 1. The largest absolute Gasteiger partial charge is 0.494 e. The summed E-state index contributed by atoms with van der Waals surface area (Å²) in [5.41, 5.74) is 9.27. The van der Waals surface area contributed by atoms with E-state index in [-0.39, 0.29) is 0 Å². The van der Waals surface area contributed by atoms with Gasteiger partial charge in [0.1, 0.15) is 5.75 Å². The lowest BCUT2D eigenvalue weighted by Gasteiger charge is -2.08. The van der Waals surface area contributed by atoms with Crippen LogP contribution in [0.3, 0.4) is 0 Å². The number of nitrogens with two attached hydrogens (primary N) is 1. The molecule has 0 aliphatic rings. The number of hydrogen-bond donors (Lipinski definition) is 2. The lowest BCUT2D eigenvalue weighted by molar-refractivity contribution is 0.313. The summed E-state index contributed by atoms with van der Waals surface area (Å²) in [5, 5.41) is 3.12. The fourth-order valence-electron chi connectivity index (χ4n) is 2.21. The number of ether oxygens (including phenoxy) is 1. The molecule has 0 radical (unpaired) electrons. The van der Waals surface area contributed by atoms with Crippen LogP contribution in [0.5, 0.6) is 5.75 Å². The smallest absolute Gasteiger partial charge is 0.193 e. The van der Waals surface area contributed by atoms with Crippen molar-refractivity contribution >= 4 is 11.6 Å². The average molecular weight is 297 g/mol. The minimum absolute atomic E-state index is 0.435. The number of aryl methyl sites for hydroxylation is 2. The Morgan fingerprint density at radius 3 is 2.45 bits per heavy atom. The normalized spacial score (nSPS) is 11.3. The highest BCUT2D eigenvalue weighted by molar-refractivity contribution is 5.92. The summed E-state index contributed by atoms with van der Waals surface area (Å²) < 4.78 is 5.61. The Morgan fingerprint density at radius 2 is 1.77 bits per heavy atom. The minimum atomic E-state index is 0.435. The molecule has 116 valence electrons. The predicted octanol–water partition coefficient (Wildman–Crippen LogP) is 3.50. The molecule has 0 aliphatic heterocycles. The van der Waals surface area contributed by atoms with Gasteiger partial charge in [0.05, 0.1) is 6.61 Å². The zero-order chi connectivity index (χ0) is 15.8. The molecule has 2 rings (SSSR count). The van der Waals surface area contributed by atoms with Crippen molar-refractivity contribution in [3.8, 4) is 5.75 Å². The standard InChI is InChI=1S/C18H23N3O/c1-14-11-15(2)13-16(12-14)21-18(19)20-9-6-10-22-17-7-4-3-5-8-17/h3-5,7-8,11-13H,6,9-10H2,1-2H3,(H3,19,20,21). The zero-order valence-electron chi connectivity index (χ0n) is 13.2. The van der Waals surface area contributed by atoms with Gasteiger partial charge in [0.15, 0.2) is 5.96 Å². The molecule has 0 unspecified atom stereocenters. The van der Waals surface area contributed by atoms with Crippen molar-refractivity contribution in [2.24, 2.45) is 10.7 Å². The molecule has 0 amide bonds. The van der Waals surface area contributed by atoms with E-state index in [0.29, 0.717) is 19.1 Å². The van der Waals surface area contributed by atoms with Crippen molar-refractivity contribution in [3.05, 3.63) is 59.7 Å². The zero-order valence-corrected chi connectivity index (χ0v) is 13.2. The van der Waals surface area contributed by atoms with Crippen molar-refractivity contribution in [2.45, 2.75) is 20.3 Å². The van der Waals surface area contributed by atoms with Gasteiger partial charge in [-0.2, -0.15) is 0 Å². The maximum absolute atomic E-state index is 5.90. The average Bonchev–Trinajstić information content (AvgIpc) is 2.47. The van der Waals surface area contributed by atoms with Crippen LogP contribution in [0.25, 0.3) is 0 Å². The highest BCUT2D eigenvalue weighted by Crippen LogP contribution is 2.13. The first-order valence-corrected chi connectivity index (χ1v) is 7.46. The summed E-state index contributed by atoms with van der Waals surface area (Å²) in [6.07, 6.45) is 0.824. The maximum atomic E-state index is 5.90. The molecule has 0 aromatic heterocycles. The van der Waals surface area contributed by atoms with Crippen LogP contribution in [0.2, 0.25) is 0 Å². The number of hydrogen-bond acceptors (Lipinski definition) is 2. The minimum Gasteiger partial charge on any atom is -0.494 e. The van der Waals surface area contributed by atoms with Gasteiger partial charge in [-0.25, -0.2) is 0 Å². The van der Waals surface area contributed by atoms with Crippen LogP contribution in [0.4, 0.5) is 5.69 Å². The molecule has 0 atom stereocenters. The van der Waals surface area contributed by atoms with Crippen LogP contribution < -0.4 is 15.8 Å². The molecule has 0 fully saturated rings. The van der Waals surface area contributed by atoms with Gasteiger partial charge in [-0.05, 0) is 49.2 Å². The van der Waals surface area contributed by atoms with E-state index in [1.165, 1.54) is 11.1 Å². The number of benzene rings is 2. The second-order valence-corrected chi connectivity index (χ2v) is 5.28. The van der Waals surface area contributed by atoms with Gasteiger partial charge >= 0.3 is 0 Å². The summed E-state index contributed by atoms with van der Waals surface area (Å²) >= 11 is 0. The molecule has 22 heavy (non-hydrogen) atoms. The molecule has 0 aliphatic carbocycles. The third-order valence-corrected chi connectivity index (χ3v) is 3.09. The Morgan fingerprint density at radius 1 is 1.09 bits per heavy atom. The molecular weight excluding hydrogens is 274 g/mol. The number of anilines is 1. The summed E-state index contributed by atoms with van der Waals surface area (Å²) in [6.45, 7) is 5.39. The van der Waals surface area contributed by atoms with Crippen molar-refractivity contribution in [1.29, 1.82) is 0 Å². The molecule has 0 bridgehead atoms. The molecule has 0 heterocycles. The van der Waals surface area contributed by atoms with E-state index in [1.54, 1.807) is 0 Å². The van der Waals surface area contributed by atoms with Crippen LogP contribution in [0.1, 0.15) is 17.5 Å². The first kappa shape index (κ1) is 15.9. The molecule has 2 aromatic rings. The van der Waals surface area contributed by atoms with E-state index < -0.39 is 0 Å². The third-order valence-electron chi connectivity index (χ3n) is 3.09. The van der Waals surface area contributed by atoms with E-state index in [9.17, 15) is 0 Å². The van der Waals surface area contributed by atoms with E-state index in [4.69, 9.17) is 10.5 Å². The Hall–Kier alpha value is -2.49. The lowest BCUT2D eigenvalue weighted by atomic mass is 10.1. The number of nitrogens with one attached hydrogen (secondary N) is 1. The lowest BCUT2D eigenvalue weighted by Crippen LogP contribution is -2.23. The molecule has 3 N–H and O–H groups in total. The topological polar surface area (TPSA) is 59.6 Å². The van der Waals surface area contributed by atoms with E-state index in [1.807, 2.05) is 42.5 Å². The number of nitrogens with zero attached hydrogens (tertiary/aromatic N) is 1. The molecule has 0 spiro atoms. The van der Waals surface area contributed by atoms with Crippen LogP contribution >= 0.6 is 0 Å². The first-order valence-electron chi connectivity index (χ1n) is 7.46. The van der Waals surface area contributed by atoms with Crippen molar-refractivity contribution in [3.63, 3.8) is 0 Å². The summed E-state index contributed by atoms with van der Waals surface area (Å²) in [7, 11) is 0. The van der Waals surface area contributed by atoms with E-state index in [2.05, 4.69) is 30.2 Å². The molecule has 2 aromatic carbocycles. The van der Waals surface area contributed by atoms with E-state index >= 15 is 0 Å². The second-order valence-electron chi connectivity index (χ2n) is 5.28. The van der Waals surface area contributed by atoms with Gasteiger partial charge in [-0.3, -0.25) is 4.99 Å². The maximum Gasteiger partial charge on any atom is 0.193 e. The fraction of sp³-hybridized carbons (Fsp3) is 0.278. The molecule has 0 saturated heterocycles. The van der Waals surface area contributed by atoms with Gasteiger partial charge in [-0.1, -0.05) is 24.3 Å². The van der Waals surface area contributed by atoms with Crippen LogP contribution in [0.15, 0.2) is 53.5 Å². The van der Waals surface area contributed by atoms with Crippen molar-refractivity contribution in [2.75, 3.05) is 18.5 Å². The van der Waals surface area contributed by atoms with Gasteiger partial charge in [0, 0.05) is 18.7 Å². The first-order chi connectivity index (χ1) is 10.6. The third kappa shape index (κ3) is 5.48. The molecule has 4 nitrogen and oxygen atoms in total. The number of aliphatic imine (C=N–C) groups is 1. The van der Waals surface area contributed by atoms with Gasteiger partial charge in [0.25, 0.3) is 0 Å². The van der Waals surface area contributed by atoms with Crippen LogP contribution in [-0.2, 0) is 0 Å². The SMILES string of the molecule is Cc1cc(C)cc(NC(N)=NCCCOc2ccccc2)c1. The fourth-order valence-corrected chi connectivity index (χ4v) is 2.21. The quantitative estimate of drug-likeness (QED) is 0.487. The Balaban J connectivity index is 1.73. The molecular formula is C18H23N3O. The molecule has 4 heteroatoms. The highest BCUT2D eigenvalue weighted by Gasteiger charge is 1.98. The number of rotatable bonds is 6. The van der Waals surface area contributed by atoms with Crippen molar-refractivity contribution in [1.82, 2.24) is 0 Å². The van der Waals surface area contributed by atoms with E-state index in [0.717, 1.165) is 17.9 Å². The Kier molecular flexibility index (Phi) is 5.83. The summed E-state index contributed by atoms with van der Waals surface area (Å²) in [5.74, 6) is 1.32. The number of guanidine groups is 1.